The molecule has 1 fully saturated rings. The van der Waals surface area contributed by atoms with Crippen molar-refractivity contribution in [3.8, 4) is 0 Å². The van der Waals surface area contributed by atoms with Crippen LogP contribution in [0.4, 0.5) is 0 Å². The van der Waals surface area contributed by atoms with Crippen molar-refractivity contribution in [1.82, 2.24) is 10.6 Å². The monoisotopic (exact) mass is 260 g/mol. The molecule has 0 radical (unpaired) electrons. The summed E-state index contributed by atoms with van der Waals surface area (Å²) in [6.07, 6.45) is 2.29. The molecule has 3 heteroatoms. The van der Waals surface area contributed by atoms with Crippen LogP contribution in [0.25, 0.3) is 0 Å². The summed E-state index contributed by atoms with van der Waals surface area (Å²) in [7, 11) is 0. The van der Waals surface area contributed by atoms with Crippen molar-refractivity contribution in [2.24, 2.45) is 5.92 Å². The fourth-order valence-electron chi connectivity index (χ4n) is 2.73. The summed E-state index contributed by atoms with van der Waals surface area (Å²) in [5.74, 6) is 0.541. The highest BCUT2D eigenvalue weighted by molar-refractivity contribution is 5.82. The normalized spacial score (nSPS) is 24.8. The number of amides is 1. The number of carbonyl (C=O) groups is 1. The van der Waals surface area contributed by atoms with Gasteiger partial charge in [-0.05, 0) is 44.7 Å². The van der Waals surface area contributed by atoms with Gasteiger partial charge >= 0.3 is 0 Å². The summed E-state index contributed by atoms with van der Waals surface area (Å²) in [6, 6.07) is 8.32. The van der Waals surface area contributed by atoms with E-state index >= 15 is 0 Å². The third-order valence-corrected chi connectivity index (χ3v) is 3.95. The Labute approximate surface area is 115 Å². The van der Waals surface area contributed by atoms with E-state index in [1.807, 2.05) is 13.0 Å². The lowest BCUT2D eigenvalue weighted by Crippen LogP contribution is -2.51. The van der Waals surface area contributed by atoms with E-state index in [9.17, 15) is 4.79 Å². The summed E-state index contributed by atoms with van der Waals surface area (Å²) < 4.78 is 0. The van der Waals surface area contributed by atoms with Crippen molar-refractivity contribution in [2.75, 3.05) is 6.54 Å². The van der Waals surface area contributed by atoms with E-state index in [2.05, 4.69) is 42.7 Å². The molecular formula is C16H24N2O. The van der Waals surface area contributed by atoms with Gasteiger partial charge in [0.05, 0.1) is 12.1 Å². The highest BCUT2D eigenvalue weighted by Gasteiger charge is 2.28. The van der Waals surface area contributed by atoms with Crippen LogP contribution in [-0.4, -0.2) is 18.5 Å². The van der Waals surface area contributed by atoms with Crippen LogP contribution >= 0.6 is 0 Å². The Morgan fingerprint density at radius 3 is 2.95 bits per heavy atom. The molecule has 0 aliphatic carbocycles. The third-order valence-electron chi connectivity index (χ3n) is 3.95. The van der Waals surface area contributed by atoms with Crippen molar-refractivity contribution in [3.63, 3.8) is 0 Å². The molecule has 1 aliphatic rings. The Balaban J connectivity index is 1.98. The van der Waals surface area contributed by atoms with Crippen molar-refractivity contribution in [1.29, 1.82) is 0 Å². The molecule has 1 aliphatic heterocycles. The van der Waals surface area contributed by atoms with Crippen LogP contribution in [0.3, 0.4) is 0 Å². The lowest BCUT2D eigenvalue weighted by Gasteiger charge is -2.30. The number of nitrogens with one attached hydrogen (secondary N) is 2. The minimum atomic E-state index is -0.0407. The SMILES string of the molecule is Cc1cccc([C@H](C)NC(=O)C2NCCCC2C)c1. The molecule has 0 aromatic heterocycles. The van der Waals surface area contributed by atoms with Crippen LogP contribution in [0.1, 0.15) is 43.9 Å². The van der Waals surface area contributed by atoms with E-state index in [-0.39, 0.29) is 18.0 Å². The first-order valence-corrected chi connectivity index (χ1v) is 7.18. The molecule has 2 N–H and O–H groups in total. The van der Waals surface area contributed by atoms with E-state index in [0.29, 0.717) is 5.92 Å². The van der Waals surface area contributed by atoms with Crippen LogP contribution in [0.2, 0.25) is 0 Å². The number of piperidine rings is 1. The summed E-state index contributed by atoms with van der Waals surface area (Å²) in [4.78, 5) is 12.3. The van der Waals surface area contributed by atoms with E-state index in [1.54, 1.807) is 0 Å². The van der Waals surface area contributed by atoms with Gasteiger partial charge in [-0.15, -0.1) is 0 Å². The van der Waals surface area contributed by atoms with Gasteiger partial charge in [-0.2, -0.15) is 0 Å². The maximum Gasteiger partial charge on any atom is 0.237 e. The minimum absolute atomic E-state index is 0.0407. The van der Waals surface area contributed by atoms with Gasteiger partial charge in [-0.1, -0.05) is 36.8 Å². The standard InChI is InChI=1S/C16H24N2O/c1-11-6-4-8-14(10-11)13(3)18-16(19)15-12(2)7-5-9-17-15/h4,6,8,10,12-13,15,17H,5,7,9H2,1-3H3,(H,18,19)/t12?,13-,15?/m0/s1. The Morgan fingerprint density at radius 1 is 1.47 bits per heavy atom. The minimum Gasteiger partial charge on any atom is -0.348 e. The predicted molar refractivity (Wildman–Crippen MR) is 77.9 cm³/mol. The number of benzene rings is 1. The summed E-state index contributed by atoms with van der Waals surface area (Å²) >= 11 is 0. The Bertz CT molecular complexity index is 444. The lowest BCUT2D eigenvalue weighted by molar-refractivity contribution is -0.125. The van der Waals surface area contributed by atoms with Gasteiger partial charge in [-0.25, -0.2) is 0 Å². The van der Waals surface area contributed by atoms with Crippen molar-refractivity contribution in [3.05, 3.63) is 35.4 Å². The van der Waals surface area contributed by atoms with Crippen molar-refractivity contribution >= 4 is 5.91 Å². The molecule has 3 nitrogen and oxygen atoms in total. The van der Waals surface area contributed by atoms with Crippen LogP contribution in [0.5, 0.6) is 0 Å². The maximum atomic E-state index is 12.3. The zero-order valence-electron chi connectivity index (χ0n) is 12.1. The van der Waals surface area contributed by atoms with E-state index in [1.165, 1.54) is 12.0 Å². The summed E-state index contributed by atoms with van der Waals surface area (Å²) in [6.45, 7) is 7.21. The second-order valence-corrected chi connectivity index (χ2v) is 5.70. The predicted octanol–water partition coefficient (Wildman–Crippen LogP) is 2.56. The van der Waals surface area contributed by atoms with Crippen LogP contribution in [-0.2, 0) is 4.79 Å². The van der Waals surface area contributed by atoms with E-state index < -0.39 is 0 Å². The third kappa shape index (κ3) is 3.57. The molecule has 1 aromatic rings. The number of carbonyl (C=O) groups excluding carboxylic acids is 1. The smallest absolute Gasteiger partial charge is 0.237 e. The molecule has 19 heavy (non-hydrogen) atoms. The van der Waals surface area contributed by atoms with Gasteiger partial charge in [0.2, 0.25) is 5.91 Å². The van der Waals surface area contributed by atoms with E-state index in [0.717, 1.165) is 18.5 Å². The van der Waals surface area contributed by atoms with Crippen LogP contribution in [0, 0.1) is 12.8 Å². The Hall–Kier alpha value is -1.35. The number of hydrogen-bond acceptors (Lipinski definition) is 2. The number of hydrogen-bond donors (Lipinski definition) is 2. The molecule has 1 aromatic carbocycles. The highest BCUT2D eigenvalue weighted by atomic mass is 16.2. The first-order valence-electron chi connectivity index (χ1n) is 7.18. The number of aryl methyl sites for hydroxylation is 1. The molecule has 104 valence electrons. The zero-order valence-corrected chi connectivity index (χ0v) is 12.1. The molecular weight excluding hydrogens is 236 g/mol. The Morgan fingerprint density at radius 2 is 2.26 bits per heavy atom. The second kappa shape index (κ2) is 6.20. The van der Waals surface area contributed by atoms with Gasteiger partial charge in [0.25, 0.3) is 0 Å². The zero-order chi connectivity index (χ0) is 13.8. The molecule has 1 amide bonds. The largest absolute Gasteiger partial charge is 0.348 e. The average molecular weight is 260 g/mol. The summed E-state index contributed by atoms with van der Waals surface area (Å²) in [5.41, 5.74) is 2.39. The molecule has 0 bridgehead atoms. The molecule has 1 heterocycles. The van der Waals surface area contributed by atoms with Gasteiger partial charge in [0, 0.05) is 0 Å². The van der Waals surface area contributed by atoms with Gasteiger partial charge in [0.15, 0.2) is 0 Å². The van der Waals surface area contributed by atoms with E-state index in [4.69, 9.17) is 0 Å². The topological polar surface area (TPSA) is 41.1 Å². The molecule has 1 saturated heterocycles. The maximum absolute atomic E-state index is 12.3. The fraction of sp³-hybridized carbons (Fsp3) is 0.562. The Kier molecular flexibility index (Phi) is 4.59. The van der Waals surface area contributed by atoms with Crippen LogP contribution < -0.4 is 10.6 Å². The van der Waals surface area contributed by atoms with Gasteiger partial charge in [-0.3, -0.25) is 4.79 Å². The quantitative estimate of drug-likeness (QED) is 0.877. The van der Waals surface area contributed by atoms with Crippen molar-refractivity contribution < 1.29 is 4.79 Å². The molecule has 2 rings (SSSR count). The van der Waals surface area contributed by atoms with Crippen molar-refractivity contribution in [2.45, 2.75) is 45.7 Å². The highest BCUT2D eigenvalue weighted by Crippen LogP contribution is 2.18. The van der Waals surface area contributed by atoms with Crippen LogP contribution in [0.15, 0.2) is 24.3 Å². The first-order chi connectivity index (χ1) is 9.08. The molecule has 0 saturated carbocycles. The molecule has 3 atom stereocenters. The number of rotatable bonds is 3. The molecule has 0 spiro atoms. The lowest BCUT2D eigenvalue weighted by atomic mass is 9.92. The fourth-order valence-corrected chi connectivity index (χ4v) is 2.73. The first kappa shape index (κ1) is 14.1. The molecule has 2 unspecified atom stereocenters. The van der Waals surface area contributed by atoms with Gasteiger partial charge in [0.1, 0.15) is 0 Å². The van der Waals surface area contributed by atoms with Gasteiger partial charge < -0.3 is 10.6 Å². The second-order valence-electron chi connectivity index (χ2n) is 5.70. The summed E-state index contributed by atoms with van der Waals surface area (Å²) in [5, 5.41) is 6.45. The average Bonchev–Trinajstić information content (AvgIpc) is 2.39.